The molecule has 0 atom stereocenters. The zero-order valence-corrected chi connectivity index (χ0v) is 14.3. The molecule has 1 N–H and O–H groups in total. The van der Waals surface area contributed by atoms with Gasteiger partial charge in [-0.25, -0.2) is 0 Å². The molecular formula is C19H21N3S. The molecule has 0 saturated carbocycles. The largest absolute Gasteiger partial charge is 0.261 e. The van der Waals surface area contributed by atoms with Crippen LogP contribution in [0.15, 0.2) is 64.7 Å². The quantitative estimate of drug-likeness (QED) is 0.905. The monoisotopic (exact) mass is 323 g/mol. The molecule has 0 aliphatic carbocycles. The van der Waals surface area contributed by atoms with Crippen molar-refractivity contribution in [3.05, 3.63) is 60.2 Å². The first-order valence-electron chi connectivity index (χ1n) is 7.88. The number of hydrazone groups is 1. The maximum Gasteiger partial charge on any atom is 0.177 e. The Bertz CT molecular complexity index is 703. The molecule has 0 amide bonds. The van der Waals surface area contributed by atoms with Gasteiger partial charge in [-0.3, -0.25) is 10.4 Å². The predicted octanol–water partition coefficient (Wildman–Crippen LogP) is 4.41. The van der Waals surface area contributed by atoms with Crippen molar-refractivity contribution in [3.8, 4) is 11.1 Å². The Hall–Kier alpha value is -2.07. The van der Waals surface area contributed by atoms with Gasteiger partial charge < -0.3 is 0 Å². The van der Waals surface area contributed by atoms with Crippen LogP contribution < -0.4 is 5.43 Å². The lowest BCUT2D eigenvalue weighted by molar-refractivity contribution is 0.664. The van der Waals surface area contributed by atoms with Crippen molar-refractivity contribution in [1.82, 2.24) is 5.43 Å². The minimum Gasteiger partial charge on any atom is -0.261 e. The number of nitrogens with zero attached hydrogens (tertiary/aromatic N) is 2. The maximum absolute atomic E-state index is 4.53. The van der Waals surface area contributed by atoms with E-state index in [0.717, 1.165) is 28.7 Å². The fourth-order valence-corrected chi connectivity index (χ4v) is 3.08. The highest BCUT2D eigenvalue weighted by Gasteiger charge is 2.13. The van der Waals surface area contributed by atoms with Crippen molar-refractivity contribution in [3.63, 3.8) is 0 Å². The zero-order chi connectivity index (χ0) is 16.1. The zero-order valence-electron chi connectivity index (χ0n) is 13.5. The molecule has 0 bridgehead atoms. The third kappa shape index (κ3) is 4.23. The van der Waals surface area contributed by atoms with E-state index in [-0.39, 0.29) is 0 Å². The van der Waals surface area contributed by atoms with Crippen LogP contribution in [0, 0.1) is 5.92 Å². The number of hydrogen-bond acceptors (Lipinski definition) is 3. The van der Waals surface area contributed by atoms with Gasteiger partial charge in [-0.1, -0.05) is 80.2 Å². The van der Waals surface area contributed by atoms with E-state index in [1.54, 1.807) is 11.8 Å². The number of benzene rings is 2. The van der Waals surface area contributed by atoms with Gasteiger partial charge in [0.15, 0.2) is 5.17 Å². The van der Waals surface area contributed by atoms with Gasteiger partial charge in [0.1, 0.15) is 0 Å². The van der Waals surface area contributed by atoms with Crippen LogP contribution in [0.25, 0.3) is 11.1 Å². The van der Waals surface area contributed by atoms with Crippen LogP contribution in [0.3, 0.4) is 0 Å². The first kappa shape index (κ1) is 15.8. The minimum absolute atomic E-state index is 0.570. The highest BCUT2D eigenvalue weighted by Crippen LogP contribution is 2.21. The molecule has 1 aliphatic heterocycles. The normalized spacial score (nSPS) is 16.3. The molecule has 0 radical (unpaired) electrons. The summed E-state index contributed by atoms with van der Waals surface area (Å²) in [6.07, 6.45) is 0. The molecule has 1 aliphatic rings. The van der Waals surface area contributed by atoms with Gasteiger partial charge in [0.05, 0.1) is 5.71 Å². The van der Waals surface area contributed by atoms with Crippen LogP contribution in [0.5, 0.6) is 0 Å². The molecule has 118 valence electrons. The number of hydrogen-bond donors (Lipinski definition) is 1. The van der Waals surface area contributed by atoms with Gasteiger partial charge in [0.2, 0.25) is 0 Å². The molecule has 1 heterocycles. The van der Waals surface area contributed by atoms with Crippen molar-refractivity contribution in [2.45, 2.75) is 13.8 Å². The Kier molecular flexibility index (Phi) is 5.13. The molecule has 0 spiro atoms. The van der Waals surface area contributed by atoms with Gasteiger partial charge in [0.25, 0.3) is 0 Å². The van der Waals surface area contributed by atoms with E-state index in [0.29, 0.717) is 5.92 Å². The second kappa shape index (κ2) is 7.47. The third-order valence-electron chi connectivity index (χ3n) is 3.56. The summed E-state index contributed by atoms with van der Waals surface area (Å²) in [6, 6.07) is 19.0. The average Bonchev–Trinajstić information content (AvgIpc) is 2.61. The van der Waals surface area contributed by atoms with Crippen molar-refractivity contribution in [2.24, 2.45) is 16.0 Å². The fraction of sp³-hybridized carbons (Fsp3) is 0.263. The Labute approximate surface area is 141 Å². The lowest BCUT2D eigenvalue weighted by Gasteiger charge is -2.15. The number of rotatable bonds is 4. The van der Waals surface area contributed by atoms with Gasteiger partial charge >= 0.3 is 0 Å². The standard InChI is InChI=1S/C19H21N3S/c1-14(2)12-20-19-22-21-18(13-23-19)17-10-8-16(9-11-17)15-6-4-3-5-7-15/h3-11,14H,12-13H2,1-2H3,(H,20,22). The second-order valence-corrected chi connectivity index (χ2v) is 6.91. The van der Waals surface area contributed by atoms with Crippen molar-refractivity contribution < 1.29 is 0 Å². The first-order chi connectivity index (χ1) is 11.2. The highest BCUT2D eigenvalue weighted by molar-refractivity contribution is 8.14. The van der Waals surface area contributed by atoms with Crippen molar-refractivity contribution >= 4 is 22.6 Å². The predicted molar refractivity (Wildman–Crippen MR) is 101 cm³/mol. The van der Waals surface area contributed by atoms with Gasteiger partial charge in [-0.05, 0) is 22.6 Å². The van der Waals surface area contributed by atoms with Crippen molar-refractivity contribution in [2.75, 3.05) is 12.3 Å². The summed E-state index contributed by atoms with van der Waals surface area (Å²) in [5.74, 6) is 1.43. The van der Waals surface area contributed by atoms with E-state index >= 15 is 0 Å². The number of amidine groups is 1. The van der Waals surface area contributed by atoms with Crippen molar-refractivity contribution in [1.29, 1.82) is 0 Å². The van der Waals surface area contributed by atoms with Crippen LogP contribution in [0.4, 0.5) is 0 Å². The second-order valence-electron chi connectivity index (χ2n) is 5.94. The number of aliphatic imine (C=N–C) groups is 1. The van der Waals surface area contributed by atoms with Crippen LogP contribution in [0.1, 0.15) is 19.4 Å². The Morgan fingerprint density at radius 1 is 1.00 bits per heavy atom. The van der Waals surface area contributed by atoms with E-state index in [4.69, 9.17) is 0 Å². The number of nitrogens with one attached hydrogen (secondary N) is 1. The molecule has 3 nitrogen and oxygen atoms in total. The summed E-state index contributed by atoms with van der Waals surface area (Å²) in [7, 11) is 0. The third-order valence-corrected chi connectivity index (χ3v) is 4.47. The summed E-state index contributed by atoms with van der Waals surface area (Å²) in [5, 5.41) is 5.40. The van der Waals surface area contributed by atoms with E-state index < -0.39 is 0 Å². The summed E-state index contributed by atoms with van der Waals surface area (Å²) in [5.41, 5.74) is 7.76. The molecule has 0 aromatic heterocycles. The molecular weight excluding hydrogens is 302 g/mol. The lowest BCUT2D eigenvalue weighted by Crippen LogP contribution is -2.25. The maximum atomic E-state index is 4.53. The molecule has 2 aromatic carbocycles. The summed E-state index contributed by atoms with van der Waals surface area (Å²) in [4.78, 5) is 4.53. The Morgan fingerprint density at radius 3 is 2.26 bits per heavy atom. The van der Waals surface area contributed by atoms with Crippen LogP contribution >= 0.6 is 11.8 Å². The molecule has 23 heavy (non-hydrogen) atoms. The molecule has 3 rings (SSSR count). The van der Waals surface area contributed by atoms with Crippen LogP contribution in [-0.4, -0.2) is 23.2 Å². The van der Waals surface area contributed by atoms with Gasteiger partial charge in [-0.2, -0.15) is 5.10 Å². The van der Waals surface area contributed by atoms with E-state index in [1.807, 2.05) is 6.07 Å². The van der Waals surface area contributed by atoms with Gasteiger partial charge in [-0.15, -0.1) is 0 Å². The smallest absolute Gasteiger partial charge is 0.177 e. The van der Waals surface area contributed by atoms with E-state index in [1.165, 1.54) is 11.1 Å². The average molecular weight is 323 g/mol. The lowest BCUT2D eigenvalue weighted by atomic mass is 10.0. The Balaban J connectivity index is 1.70. The Morgan fingerprint density at radius 2 is 1.65 bits per heavy atom. The molecule has 0 fully saturated rings. The SMILES string of the molecule is CC(C)CN=C1NN=C(c2ccc(-c3ccccc3)cc2)CS1. The summed E-state index contributed by atoms with van der Waals surface area (Å²) < 4.78 is 0. The minimum atomic E-state index is 0.570. The first-order valence-corrected chi connectivity index (χ1v) is 8.86. The van der Waals surface area contributed by atoms with E-state index in [9.17, 15) is 0 Å². The fourth-order valence-electron chi connectivity index (χ4n) is 2.30. The number of thioether (sulfide) groups is 1. The molecule has 4 heteroatoms. The topological polar surface area (TPSA) is 36.8 Å². The highest BCUT2D eigenvalue weighted by atomic mass is 32.2. The molecule has 0 saturated heterocycles. The van der Waals surface area contributed by atoms with E-state index in [2.05, 4.69) is 77.9 Å². The summed E-state index contributed by atoms with van der Waals surface area (Å²) in [6.45, 7) is 5.17. The molecule has 2 aromatic rings. The van der Waals surface area contributed by atoms with Crippen LogP contribution in [0.2, 0.25) is 0 Å². The van der Waals surface area contributed by atoms with Gasteiger partial charge in [0, 0.05) is 12.3 Å². The summed E-state index contributed by atoms with van der Waals surface area (Å²) >= 11 is 1.72. The van der Waals surface area contributed by atoms with Crippen LogP contribution in [-0.2, 0) is 0 Å². The molecule has 0 unspecified atom stereocenters.